The minimum absolute atomic E-state index is 0. The smallest absolute Gasteiger partial charge is 0.0799 e. The minimum atomic E-state index is -0.568. The second kappa shape index (κ2) is 11.2. The zero-order valence-corrected chi connectivity index (χ0v) is 19.9. The lowest BCUT2D eigenvalue weighted by molar-refractivity contribution is -0.0818. The summed E-state index contributed by atoms with van der Waals surface area (Å²) < 4.78 is 0. The lowest BCUT2D eigenvalue weighted by atomic mass is 9.78. The first kappa shape index (κ1) is 25.5. The van der Waals surface area contributed by atoms with Gasteiger partial charge >= 0.3 is 0 Å². The van der Waals surface area contributed by atoms with Gasteiger partial charge in [-0.05, 0) is 37.0 Å². The van der Waals surface area contributed by atoms with Gasteiger partial charge in [-0.15, -0.1) is 24.8 Å². The summed E-state index contributed by atoms with van der Waals surface area (Å²) in [6.45, 7) is 5.02. The highest BCUT2D eigenvalue weighted by Crippen LogP contribution is 2.38. The van der Waals surface area contributed by atoms with Crippen LogP contribution < -0.4 is 5.32 Å². The van der Waals surface area contributed by atoms with E-state index in [-0.39, 0.29) is 36.9 Å². The van der Waals surface area contributed by atoms with E-state index in [4.69, 9.17) is 11.6 Å². The van der Waals surface area contributed by atoms with E-state index in [0.29, 0.717) is 0 Å². The zero-order chi connectivity index (χ0) is 19.6. The van der Waals surface area contributed by atoms with E-state index in [9.17, 15) is 5.11 Å². The van der Waals surface area contributed by atoms with Gasteiger partial charge in [0.05, 0.1) is 5.60 Å². The fraction of sp³-hybridized carbons (Fsp3) is 0.500. The highest BCUT2D eigenvalue weighted by molar-refractivity contribution is 6.33. The van der Waals surface area contributed by atoms with Crippen molar-refractivity contribution in [1.82, 2.24) is 10.2 Å². The molecular formula is C24H33Cl3N2O. The fourth-order valence-electron chi connectivity index (χ4n) is 4.97. The Labute approximate surface area is 198 Å². The molecule has 0 spiro atoms. The van der Waals surface area contributed by atoms with Gasteiger partial charge in [-0.3, -0.25) is 4.90 Å². The summed E-state index contributed by atoms with van der Waals surface area (Å²) in [4.78, 5) is 2.50. The molecule has 0 radical (unpaired) electrons. The molecule has 2 aliphatic rings. The van der Waals surface area contributed by atoms with Crippen LogP contribution in [-0.4, -0.2) is 41.3 Å². The van der Waals surface area contributed by atoms with Crippen LogP contribution in [0.4, 0.5) is 0 Å². The molecule has 2 atom stereocenters. The van der Waals surface area contributed by atoms with E-state index in [2.05, 4.69) is 47.5 Å². The molecule has 1 heterocycles. The monoisotopic (exact) mass is 470 g/mol. The molecule has 2 aromatic carbocycles. The molecule has 1 aliphatic heterocycles. The average Bonchev–Trinajstić information content (AvgIpc) is 2.74. The molecule has 0 amide bonds. The maximum atomic E-state index is 11.3. The fourth-order valence-corrected chi connectivity index (χ4v) is 5.27. The molecule has 3 nitrogen and oxygen atoms in total. The Bertz CT molecular complexity index is 796. The third-order valence-electron chi connectivity index (χ3n) is 6.74. The van der Waals surface area contributed by atoms with Crippen LogP contribution in [0.2, 0.25) is 5.02 Å². The minimum Gasteiger partial charge on any atom is -0.388 e. The van der Waals surface area contributed by atoms with Crippen LogP contribution in [0.5, 0.6) is 0 Å². The van der Waals surface area contributed by atoms with Gasteiger partial charge in [0, 0.05) is 42.3 Å². The van der Waals surface area contributed by atoms with Crippen LogP contribution in [0.15, 0.2) is 48.5 Å². The van der Waals surface area contributed by atoms with Gasteiger partial charge in [0.25, 0.3) is 0 Å². The van der Waals surface area contributed by atoms with Crippen molar-refractivity contribution in [3.05, 3.63) is 59.1 Å². The highest BCUT2D eigenvalue weighted by Gasteiger charge is 2.41. The van der Waals surface area contributed by atoms with Crippen LogP contribution in [0, 0.1) is 0 Å². The quantitative estimate of drug-likeness (QED) is 0.584. The Balaban J connectivity index is 0.00000160. The van der Waals surface area contributed by atoms with Crippen molar-refractivity contribution in [2.75, 3.05) is 19.6 Å². The number of aliphatic hydroxyl groups is 1. The van der Waals surface area contributed by atoms with Crippen LogP contribution in [-0.2, 0) is 0 Å². The maximum absolute atomic E-state index is 11.3. The number of hydrogen-bond acceptors (Lipinski definition) is 3. The van der Waals surface area contributed by atoms with E-state index >= 15 is 0 Å². The van der Waals surface area contributed by atoms with E-state index in [1.54, 1.807) is 0 Å². The van der Waals surface area contributed by atoms with E-state index in [1.165, 1.54) is 12.0 Å². The van der Waals surface area contributed by atoms with Crippen molar-refractivity contribution in [2.45, 2.75) is 56.7 Å². The summed E-state index contributed by atoms with van der Waals surface area (Å²) in [5, 5.41) is 15.6. The average molecular weight is 472 g/mol. The summed E-state index contributed by atoms with van der Waals surface area (Å²) >= 11 is 6.70. The summed E-state index contributed by atoms with van der Waals surface area (Å²) in [5.41, 5.74) is 2.87. The molecule has 30 heavy (non-hydrogen) atoms. The number of rotatable bonds is 4. The number of hydrogen-bond donors (Lipinski definition) is 2. The van der Waals surface area contributed by atoms with Gasteiger partial charge in [0.2, 0.25) is 0 Å². The Morgan fingerprint density at radius 2 is 1.77 bits per heavy atom. The van der Waals surface area contributed by atoms with Gasteiger partial charge in [0.15, 0.2) is 0 Å². The van der Waals surface area contributed by atoms with Crippen molar-refractivity contribution >= 4 is 36.4 Å². The van der Waals surface area contributed by atoms with Crippen molar-refractivity contribution in [1.29, 1.82) is 0 Å². The Hall–Kier alpha value is -0.810. The first-order valence-corrected chi connectivity index (χ1v) is 11.0. The van der Waals surface area contributed by atoms with Gasteiger partial charge in [-0.25, -0.2) is 0 Å². The van der Waals surface area contributed by atoms with E-state index < -0.39 is 5.60 Å². The second-order valence-electron chi connectivity index (χ2n) is 8.40. The first-order valence-electron chi connectivity index (χ1n) is 10.6. The molecule has 2 fully saturated rings. The van der Waals surface area contributed by atoms with Crippen LogP contribution in [0.25, 0.3) is 11.1 Å². The number of piperazine rings is 1. The molecule has 2 aromatic rings. The Morgan fingerprint density at radius 1 is 1.07 bits per heavy atom. The number of benzene rings is 2. The second-order valence-corrected chi connectivity index (χ2v) is 8.81. The summed E-state index contributed by atoms with van der Waals surface area (Å²) in [7, 11) is 0. The SMILES string of the molecule is CC(N1CCNCC1c1ccc(-c2ccccc2)c(Cl)c1)C1(O)CCCCC1.Cl.Cl. The number of halogens is 3. The van der Waals surface area contributed by atoms with E-state index in [0.717, 1.165) is 61.5 Å². The summed E-state index contributed by atoms with van der Waals surface area (Å²) in [6.07, 6.45) is 5.35. The van der Waals surface area contributed by atoms with Gasteiger partial charge in [0.1, 0.15) is 0 Å². The lowest BCUT2D eigenvalue weighted by Gasteiger charge is -2.48. The van der Waals surface area contributed by atoms with Crippen molar-refractivity contribution in [3.8, 4) is 11.1 Å². The molecule has 2 unspecified atom stereocenters. The van der Waals surface area contributed by atoms with Crippen LogP contribution >= 0.6 is 36.4 Å². The third kappa shape index (κ3) is 5.32. The van der Waals surface area contributed by atoms with Crippen molar-refractivity contribution < 1.29 is 5.11 Å². The molecule has 1 saturated carbocycles. The Kier molecular flexibility index (Phi) is 9.48. The molecule has 4 rings (SSSR count). The predicted octanol–water partition coefficient (Wildman–Crippen LogP) is 5.88. The van der Waals surface area contributed by atoms with Crippen molar-refractivity contribution in [2.24, 2.45) is 0 Å². The van der Waals surface area contributed by atoms with E-state index in [1.807, 2.05) is 18.2 Å². The molecule has 166 valence electrons. The molecule has 6 heteroatoms. The topological polar surface area (TPSA) is 35.5 Å². The zero-order valence-electron chi connectivity index (χ0n) is 17.5. The third-order valence-corrected chi connectivity index (χ3v) is 7.05. The van der Waals surface area contributed by atoms with Crippen molar-refractivity contribution in [3.63, 3.8) is 0 Å². The molecule has 0 aromatic heterocycles. The van der Waals surface area contributed by atoms with Crippen LogP contribution in [0.3, 0.4) is 0 Å². The largest absolute Gasteiger partial charge is 0.388 e. The van der Waals surface area contributed by atoms with Crippen LogP contribution in [0.1, 0.15) is 50.6 Å². The maximum Gasteiger partial charge on any atom is 0.0799 e. The number of nitrogens with one attached hydrogen (secondary N) is 1. The molecule has 2 N–H and O–H groups in total. The molecule has 0 bridgehead atoms. The molecular weight excluding hydrogens is 439 g/mol. The van der Waals surface area contributed by atoms with Gasteiger partial charge in [-0.1, -0.05) is 73.3 Å². The van der Waals surface area contributed by atoms with Gasteiger partial charge in [-0.2, -0.15) is 0 Å². The highest BCUT2D eigenvalue weighted by atomic mass is 35.5. The normalized spacial score (nSPS) is 22.4. The lowest BCUT2D eigenvalue weighted by Crippen LogP contribution is -2.58. The first-order chi connectivity index (χ1) is 13.6. The Morgan fingerprint density at radius 3 is 2.43 bits per heavy atom. The molecule has 1 aliphatic carbocycles. The molecule has 1 saturated heterocycles. The number of nitrogens with zero attached hydrogens (tertiary/aromatic N) is 1. The summed E-state index contributed by atoms with van der Waals surface area (Å²) in [5.74, 6) is 0. The summed E-state index contributed by atoms with van der Waals surface area (Å²) in [6, 6.07) is 17.1. The standard InChI is InChI=1S/C24H31ClN2O.2ClH/c1-18(24(28)12-6-3-7-13-24)27-15-14-26-17-23(27)20-10-11-21(22(25)16-20)19-8-4-2-5-9-19;;/h2,4-5,8-11,16,18,23,26,28H,3,6-7,12-15,17H2,1H3;2*1H. The van der Waals surface area contributed by atoms with Gasteiger partial charge < -0.3 is 10.4 Å². The predicted molar refractivity (Wildman–Crippen MR) is 131 cm³/mol.